The number of rotatable bonds is 1. The second kappa shape index (κ2) is 2.54. The first-order valence-electron chi connectivity index (χ1n) is 5.16. The molecule has 78 valence electrons. The van der Waals surface area contributed by atoms with Crippen molar-refractivity contribution in [2.45, 2.75) is 18.4 Å². The molecular formula is C12H13NO2. The van der Waals surface area contributed by atoms with Gasteiger partial charge < -0.3 is 9.64 Å². The summed E-state index contributed by atoms with van der Waals surface area (Å²) >= 11 is 0. The average Bonchev–Trinajstić information content (AvgIpc) is 3.03. The van der Waals surface area contributed by atoms with E-state index in [2.05, 4.69) is 0 Å². The molecule has 1 aromatic carbocycles. The summed E-state index contributed by atoms with van der Waals surface area (Å²) in [5.41, 5.74) is 1.91. The van der Waals surface area contributed by atoms with E-state index in [1.165, 1.54) is 0 Å². The number of fused-ring (bicyclic) bond motifs is 2. The largest absolute Gasteiger partial charge is 0.496 e. The maximum absolute atomic E-state index is 12.1. The highest BCUT2D eigenvalue weighted by molar-refractivity contribution is 6.03. The van der Waals surface area contributed by atoms with Crippen molar-refractivity contribution in [1.82, 2.24) is 4.90 Å². The molecule has 0 bridgehead atoms. The molecule has 1 spiro atoms. The quantitative estimate of drug-likeness (QED) is 0.696. The number of ether oxygens (including phenoxy) is 1. The molecule has 15 heavy (non-hydrogen) atoms. The summed E-state index contributed by atoms with van der Waals surface area (Å²) in [6.45, 7) is 0. The van der Waals surface area contributed by atoms with Gasteiger partial charge in [-0.1, -0.05) is 12.1 Å². The molecule has 1 fully saturated rings. The first-order chi connectivity index (χ1) is 7.20. The van der Waals surface area contributed by atoms with Gasteiger partial charge in [0.25, 0.3) is 5.91 Å². The van der Waals surface area contributed by atoms with Crippen molar-refractivity contribution in [3.63, 3.8) is 0 Å². The standard InChI is InChI=1S/C12H13NO2/c1-13-11(14)10-8(12(13)6-7-12)4-3-5-9(10)15-2/h3-5H,6-7H2,1-2H3. The normalized spacial score (nSPS) is 20.7. The van der Waals surface area contributed by atoms with E-state index in [1.54, 1.807) is 7.11 Å². The number of hydrogen-bond donors (Lipinski definition) is 0. The van der Waals surface area contributed by atoms with Crippen LogP contribution in [0.5, 0.6) is 5.75 Å². The van der Waals surface area contributed by atoms with Crippen molar-refractivity contribution in [3.05, 3.63) is 29.3 Å². The molecule has 2 aliphatic rings. The minimum Gasteiger partial charge on any atom is -0.496 e. The van der Waals surface area contributed by atoms with Crippen molar-refractivity contribution >= 4 is 5.91 Å². The number of methoxy groups -OCH3 is 1. The molecule has 0 N–H and O–H groups in total. The van der Waals surface area contributed by atoms with Gasteiger partial charge in [0, 0.05) is 7.05 Å². The van der Waals surface area contributed by atoms with E-state index in [9.17, 15) is 4.79 Å². The lowest BCUT2D eigenvalue weighted by Crippen LogP contribution is -2.28. The van der Waals surface area contributed by atoms with Crippen molar-refractivity contribution in [1.29, 1.82) is 0 Å². The van der Waals surface area contributed by atoms with Crippen LogP contribution in [0, 0.1) is 0 Å². The van der Waals surface area contributed by atoms with Gasteiger partial charge in [0.2, 0.25) is 0 Å². The fourth-order valence-corrected chi connectivity index (χ4v) is 2.58. The molecule has 1 heterocycles. The molecule has 0 aromatic heterocycles. The van der Waals surface area contributed by atoms with Gasteiger partial charge in [-0.25, -0.2) is 0 Å². The topological polar surface area (TPSA) is 29.5 Å². The zero-order chi connectivity index (χ0) is 10.6. The number of amides is 1. The highest BCUT2D eigenvalue weighted by Crippen LogP contribution is 2.57. The molecule has 1 amide bonds. The summed E-state index contributed by atoms with van der Waals surface area (Å²) in [7, 11) is 3.50. The van der Waals surface area contributed by atoms with E-state index >= 15 is 0 Å². The molecule has 3 nitrogen and oxygen atoms in total. The number of carbonyl (C=O) groups excluding carboxylic acids is 1. The number of carbonyl (C=O) groups is 1. The molecule has 0 saturated heterocycles. The van der Waals surface area contributed by atoms with Crippen molar-refractivity contribution in [2.75, 3.05) is 14.2 Å². The SMILES string of the molecule is COc1cccc2c1C(=O)N(C)C21CC1. The van der Waals surface area contributed by atoms with Crippen LogP contribution >= 0.6 is 0 Å². The summed E-state index contributed by atoms with van der Waals surface area (Å²) in [4.78, 5) is 13.9. The molecule has 1 aliphatic carbocycles. The molecule has 0 unspecified atom stereocenters. The molecule has 1 aliphatic heterocycles. The van der Waals surface area contributed by atoms with E-state index in [0.717, 1.165) is 24.0 Å². The molecule has 1 saturated carbocycles. The molecular weight excluding hydrogens is 190 g/mol. The van der Waals surface area contributed by atoms with Gasteiger partial charge >= 0.3 is 0 Å². The van der Waals surface area contributed by atoms with Gasteiger partial charge in [0.15, 0.2) is 0 Å². The van der Waals surface area contributed by atoms with Crippen molar-refractivity contribution in [2.24, 2.45) is 0 Å². The first kappa shape index (κ1) is 8.77. The Morgan fingerprint density at radius 2 is 2.13 bits per heavy atom. The third kappa shape index (κ3) is 0.881. The van der Waals surface area contributed by atoms with Crippen LogP contribution in [-0.2, 0) is 5.54 Å². The van der Waals surface area contributed by atoms with Gasteiger partial charge in [0.05, 0.1) is 18.2 Å². The smallest absolute Gasteiger partial charge is 0.258 e. The summed E-state index contributed by atoms with van der Waals surface area (Å²) in [5.74, 6) is 0.799. The first-order valence-corrected chi connectivity index (χ1v) is 5.16. The average molecular weight is 203 g/mol. The molecule has 0 radical (unpaired) electrons. The van der Waals surface area contributed by atoms with Crippen LogP contribution in [0.15, 0.2) is 18.2 Å². The van der Waals surface area contributed by atoms with Gasteiger partial charge in [-0.15, -0.1) is 0 Å². The molecule has 1 aromatic rings. The Morgan fingerprint density at radius 1 is 1.40 bits per heavy atom. The summed E-state index contributed by atoms with van der Waals surface area (Å²) in [5, 5.41) is 0. The van der Waals surface area contributed by atoms with E-state index in [1.807, 2.05) is 30.1 Å². The molecule has 3 rings (SSSR count). The van der Waals surface area contributed by atoms with Crippen LogP contribution in [0.1, 0.15) is 28.8 Å². The maximum Gasteiger partial charge on any atom is 0.258 e. The molecule has 0 atom stereocenters. The van der Waals surface area contributed by atoms with Gasteiger partial charge in [0.1, 0.15) is 5.75 Å². The lowest BCUT2D eigenvalue weighted by Gasteiger charge is -2.18. The Kier molecular flexibility index (Phi) is 1.48. The highest BCUT2D eigenvalue weighted by Gasteiger charge is 2.57. The van der Waals surface area contributed by atoms with Crippen molar-refractivity contribution < 1.29 is 9.53 Å². The van der Waals surface area contributed by atoms with Gasteiger partial charge in [-0.05, 0) is 24.5 Å². The Labute approximate surface area is 88.6 Å². The van der Waals surface area contributed by atoms with Gasteiger partial charge in [-0.2, -0.15) is 0 Å². The van der Waals surface area contributed by atoms with Gasteiger partial charge in [-0.3, -0.25) is 4.79 Å². The minimum atomic E-state index is 0.000949. The minimum absolute atomic E-state index is 0.000949. The van der Waals surface area contributed by atoms with Crippen LogP contribution in [-0.4, -0.2) is 25.0 Å². The van der Waals surface area contributed by atoms with Crippen LogP contribution in [0.2, 0.25) is 0 Å². The summed E-state index contributed by atoms with van der Waals surface area (Å²) < 4.78 is 5.25. The summed E-state index contributed by atoms with van der Waals surface area (Å²) in [6.07, 6.45) is 2.16. The highest BCUT2D eigenvalue weighted by atomic mass is 16.5. The predicted molar refractivity (Wildman–Crippen MR) is 56.0 cm³/mol. The lowest BCUT2D eigenvalue weighted by molar-refractivity contribution is 0.0753. The predicted octanol–water partition coefficient (Wildman–Crippen LogP) is 1.77. The van der Waals surface area contributed by atoms with Crippen LogP contribution in [0.25, 0.3) is 0 Å². The van der Waals surface area contributed by atoms with Crippen LogP contribution < -0.4 is 4.74 Å². The Hall–Kier alpha value is -1.51. The van der Waals surface area contributed by atoms with E-state index in [0.29, 0.717) is 5.75 Å². The zero-order valence-electron chi connectivity index (χ0n) is 8.91. The molecule has 3 heteroatoms. The Bertz CT molecular complexity index is 449. The van der Waals surface area contributed by atoms with Crippen molar-refractivity contribution in [3.8, 4) is 5.75 Å². The second-order valence-corrected chi connectivity index (χ2v) is 4.28. The third-order valence-electron chi connectivity index (χ3n) is 3.63. The third-order valence-corrected chi connectivity index (χ3v) is 3.63. The second-order valence-electron chi connectivity index (χ2n) is 4.28. The van der Waals surface area contributed by atoms with E-state index in [-0.39, 0.29) is 11.4 Å². The monoisotopic (exact) mass is 203 g/mol. The van der Waals surface area contributed by atoms with Crippen LogP contribution in [0.3, 0.4) is 0 Å². The fourth-order valence-electron chi connectivity index (χ4n) is 2.58. The number of nitrogens with zero attached hydrogens (tertiary/aromatic N) is 1. The Balaban J connectivity index is 2.26. The fraction of sp³-hybridized carbons (Fsp3) is 0.417. The zero-order valence-corrected chi connectivity index (χ0v) is 8.91. The summed E-state index contributed by atoms with van der Waals surface area (Å²) in [6, 6.07) is 5.86. The Morgan fingerprint density at radius 3 is 2.73 bits per heavy atom. The van der Waals surface area contributed by atoms with E-state index in [4.69, 9.17) is 4.74 Å². The number of hydrogen-bond acceptors (Lipinski definition) is 2. The maximum atomic E-state index is 12.1. The van der Waals surface area contributed by atoms with E-state index < -0.39 is 0 Å². The lowest BCUT2D eigenvalue weighted by atomic mass is 10.0. The van der Waals surface area contributed by atoms with Crippen LogP contribution in [0.4, 0.5) is 0 Å². The number of benzene rings is 1.